The molecule has 6 heteroatoms. The molecule has 0 aromatic heterocycles. The van der Waals surface area contributed by atoms with E-state index in [1.807, 2.05) is 6.08 Å². The van der Waals surface area contributed by atoms with Gasteiger partial charge in [-0.25, -0.2) is 4.39 Å². The standard InChI is InChI=1S/C12H13FN2O3/c13-10-5-3-6-11(15(16)17)12(10)14-8-9-4-1-2-7-18-9/h2-3,5-7,9,14H,1,4,8H2. The zero-order valence-corrected chi connectivity index (χ0v) is 9.64. The van der Waals surface area contributed by atoms with Crippen molar-refractivity contribution in [2.24, 2.45) is 0 Å². The number of benzene rings is 1. The van der Waals surface area contributed by atoms with Gasteiger partial charge in [0.2, 0.25) is 0 Å². The van der Waals surface area contributed by atoms with E-state index < -0.39 is 10.7 Å². The molecule has 1 aromatic rings. The van der Waals surface area contributed by atoms with Crippen molar-refractivity contribution in [2.45, 2.75) is 18.9 Å². The maximum absolute atomic E-state index is 13.5. The lowest BCUT2D eigenvalue weighted by Gasteiger charge is -2.20. The predicted octanol–water partition coefficient (Wildman–Crippen LogP) is 2.84. The van der Waals surface area contributed by atoms with Crippen molar-refractivity contribution in [1.29, 1.82) is 0 Å². The van der Waals surface area contributed by atoms with Gasteiger partial charge in [-0.2, -0.15) is 0 Å². The van der Waals surface area contributed by atoms with Gasteiger partial charge in [0.25, 0.3) is 5.69 Å². The summed E-state index contributed by atoms with van der Waals surface area (Å²) >= 11 is 0. The summed E-state index contributed by atoms with van der Waals surface area (Å²) in [5.74, 6) is -0.629. The van der Waals surface area contributed by atoms with Crippen LogP contribution in [-0.2, 0) is 4.74 Å². The van der Waals surface area contributed by atoms with Crippen LogP contribution in [0.4, 0.5) is 15.8 Å². The summed E-state index contributed by atoms with van der Waals surface area (Å²) in [5, 5.41) is 13.5. The van der Waals surface area contributed by atoms with Gasteiger partial charge in [-0.3, -0.25) is 10.1 Å². The third-order valence-corrected chi connectivity index (χ3v) is 2.72. The maximum atomic E-state index is 13.5. The fourth-order valence-corrected chi connectivity index (χ4v) is 1.79. The van der Waals surface area contributed by atoms with Gasteiger partial charge in [0.1, 0.15) is 11.8 Å². The minimum atomic E-state index is -0.629. The number of rotatable bonds is 4. The fourth-order valence-electron chi connectivity index (χ4n) is 1.79. The molecule has 1 aliphatic heterocycles. The Hall–Kier alpha value is -2.11. The van der Waals surface area contributed by atoms with Crippen molar-refractivity contribution in [3.05, 3.63) is 46.5 Å². The van der Waals surface area contributed by atoms with Gasteiger partial charge < -0.3 is 10.1 Å². The molecule has 0 amide bonds. The van der Waals surface area contributed by atoms with E-state index in [0.29, 0.717) is 6.54 Å². The first-order chi connectivity index (χ1) is 8.68. The van der Waals surface area contributed by atoms with Gasteiger partial charge in [-0.05, 0) is 25.0 Å². The van der Waals surface area contributed by atoms with E-state index in [-0.39, 0.29) is 17.5 Å². The van der Waals surface area contributed by atoms with Crippen LogP contribution in [0.2, 0.25) is 0 Å². The molecule has 0 bridgehead atoms. The molecule has 1 heterocycles. The van der Waals surface area contributed by atoms with Crippen LogP contribution in [0.15, 0.2) is 30.5 Å². The lowest BCUT2D eigenvalue weighted by molar-refractivity contribution is -0.384. The molecule has 1 aliphatic rings. The van der Waals surface area contributed by atoms with Crippen LogP contribution >= 0.6 is 0 Å². The van der Waals surface area contributed by atoms with Gasteiger partial charge in [0.15, 0.2) is 5.82 Å². The molecule has 96 valence electrons. The Labute approximate surface area is 103 Å². The Morgan fingerprint density at radius 1 is 1.56 bits per heavy atom. The number of hydrogen-bond acceptors (Lipinski definition) is 4. The Bertz CT molecular complexity index is 476. The number of hydrogen-bond donors (Lipinski definition) is 1. The molecule has 0 saturated carbocycles. The molecule has 18 heavy (non-hydrogen) atoms. The molecule has 5 nitrogen and oxygen atoms in total. The van der Waals surface area contributed by atoms with Crippen LogP contribution in [0.5, 0.6) is 0 Å². The Morgan fingerprint density at radius 2 is 2.39 bits per heavy atom. The normalized spacial score (nSPS) is 18.2. The van der Waals surface area contributed by atoms with Gasteiger partial charge in [0, 0.05) is 6.07 Å². The third-order valence-electron chi connectivity index (χ3n) is 2.72. The van der Waals surface area contributed by atoms with Gasteiger partial charge in [0.05, 0.1) is 17.7 Å². The van der Waals surface area contributed by atoms with Crippen molar-refractivity contribution < 1.29 is 14.1 Å². The second-order valence-corrected chi connectivity index (χ2v) is 3.98. The average Bonchev–Trinajstić information content (AvgIpc) is 2.38. The molecule has 0 radical (unpaired) electrons. The molecule has 0 aliphatic carbocycles. The number of nitro benzene ring substituents is 1. The number of ether oxygens (including phenoxy) is 1. The molecular formula is C12H13FN2O3. The van der Waals surface area contributed by atoms with Crippen LogP contribution in [0.25, 0.3) is 0 Å². The highest BCUT2D eigenvalue weighted by molar-refractivity contribution is 5.62. The largest absolute Gasteiger partial charge is 0.497 e. The number of nitrogens with one attached hydrogen (secondary N) is 1. The third kappa shape index (κ3) is 2.77. The number of halogens is 1. The van der Waals surface area contributed by atoms with Gasteiger partial charge >= 0.3 is 0 Å². The van der Waals surface area contributed by atoms with E-state index in [4.69, 9.17) is 4.74 Å². The van der Waals surface area contributed by atoms with E-state index in [0.717, 1.165) is 12.8 Å². The summed E-state index contributed by atoms with van der Waals surface area (Å²) < 4.78 is 18.8. The minimum absolute atomic E-state index is 0.0827. The summed E-state index contributed by atoms with van der Waals surface area (Å²) in [6, 6.07) is 3.78. The number of nitrogens with zero attached hydrogens (tertiary/aromatic N) is 1. The maximum Gasteiger partial charge on any atom is 0.295 e. The van der Waals surface area contributed by atoms with Gasteiger partial charge in [-0.1, -0.05) is 6.07 Å². The monoisotopic (exact) mass is 252 g/mol. The Balaban J connectivity index is 2.08. The van der Waals surface area contributed by atoms with Crippen LogP contribution in [0, 0.1) is 15.9 Å². The molecule has 1 atom stereocenters. The van der Waals surface area contributed by atoms with Crippen LogP contribution in [0.3, 0.4) is 0 Å². The first-order valence-electron chi connectivity index (χ1n) is 5.65. The number of nitro groups is 1. The first kappa shape index (κ1) is 12.3. The highest BCUT2D eigenvalue weighted by Crippen LogP contribution is 2.27. The molecule has 0 spiro atoms. The topological polar surface area (TPSA) is 64.4 Å². The Kier molecular flexibility index (Phi) is 3.76. The second kappa shape index (κ2) is 5.48. The first-order valence-corrected chi connectivity index (χ1v) is 5.65. The van der Waals surface area contributed by atoms with E-state index in [1.165, 1.54) is 18.2 Å². The summed E-state index contributed by atoms with van der Waals surface area (Å²) in [7, 11) is 0. The highest BCUT2D eigenvalue weighted by atomic mass is 19.1. The summed E-state index contributed by atoms with van der Waals surface area (Å²) in [4.78, 5) is 10.2. The van der Waals surface area contributed by atoms with E-state index >= 15 is 0 Å². The van der Waals surface area contributed by atoms with Crippen LogP contribution < -0.4 is 5.32 Å². The Morgan fingerprint density at radius 3 is 3.06 bits per heavy atom. The smallest absolute Gasteiger partial charge is 0.295 e. The van der Waals surface area contributed by atoms with E-state index in [9.17, 15) is 14.5 Å². The molecule has 0 fully saturated rings. The molecule has 2 rings (SSSR count). The zero-order chi connectivity index (χ0) is 13.0. The SMILES string of the molecule is O=[N+]([O-])c1cccc(F)c1NCC1CCC=CO1. The summed E-state index contributed by atoms with van der Waals surface area (Å²) in [6.07, 6.45) is 5.12. The van der Waals surface area contributed by atoms with Crippen molar-refractivity contribution in [3.8, 4) is 0 Å². The summed E-state index contributed by atoms with van der Waals surface area (Å²) in [6.45, 7) is 0.339. The molecule has 1 N–H and O–H groups in total. The molecule has 0 saturated heterocycles. The molecule has 1 unspecified atom stereocenters. The molecule has 1 aromatic carbocycles. The molecular weight excluding hydrogens is 239 g/mol. The quantitative estimate of drug-likeness (QED) is 0.661. The minimum Gasteiger partial charge on any atom is -0.497 e. The fraction of sp³-hybridized carbons (Fsp3) is 0.333. The van der Waals surface area contributed by atoms with Crippen molar-refractivity contribution in [1.82, 2.24) is 0 Å². The lowest BCUT2D eigenvalue weighted by Crippen LogP contribution is -2.23. The second-order valence-electron chi connectivity index (χ2n) is 3.98. The lowest BCUT2D eigenvalue weighted by atomic mass is 10.1. The van der Waals surface area contributed by atoms with E-state index in [2.05, 4.69) is 5.32 Å². The number of allylic oxidation sites excluding steroid dienone is 1. The van der Waals surface area contributed by atoms with Crippen molar-refractivity contribution in [3.63, 3.8) is 0 Å². The van der Waals surface area contributed by atoms with Crippen LogP contribution in [0.1, 0.15) is 12.8 Å². The average molecular weight is 252 g/mol. The van der Waals surface area contributed by atoms with Crippen molar-refractivity contribution >= 4 is 11.4 Å². The van der Waals surface area contributed by atoms with Gasteiger partial charge in [-0.15, -0.1) is 0 Å². The number of anilines is 1. The van der Waals surface area contributed by atoms with E-state index in [1.54, 1.807) is 6.26 Å². The zero-order valence-electron chi connectivity index (χ0n) is 9.64. The number of para-hydroxylation sites is 1. The predicted molar refractivity (Wildman–Crippen MR) is 64.8 cm³/mol. The van der Waals surface area contributed by atoms with Crippen molar-refractivity contribution in [2.75, 3.05) is 11.9 Å². The van der Waals surface area contributed by atoms with Crippen LogP contribution in [-0.4, -0.2) is 17.6 Å². The summed E-state index contributed by atoms with van der Waals surface area (Å²) in [5.41, 5.74) is -0.345. The highest BCUT2D eigenvalue weighted by Gasteiger charge is 2.19.